The molecule has 2 aromatic rings. The van der Waals surface area contributed by atoms with Crippen LogP contribution < -0.4 is 4.74 Å². The number of benzene rings is 1. The Balaban J connectivity index is 2.18. The number of aromatic hydroxyl groups is 1. The Morgan fingerprint density at radius 1 is 1.33 bits per heavy atom. The first kappa shape index (κ1) is 9.58. The van der Waals surface area contributed by atoms with Gasteiger partial charge in [0, 0.05) is 18.9 Å². The number of imidazole rings is 1. The number of phenols is 1. The van der Waals surface area contributed by atoms with Crippen molar-refractivity contribution in [3.8, 4) is 17.5 Å². The Kier molecular flexibility index (Phi) is 2.58. The Morgan fingerprint density at radius 3 is 2.73 bits per heavy atom. The summed E-state index contributed by atoms with van der Waals surface area (Å²) in [5, 5.41) is 9.11. The number of hydrogen-bond donors (Lipinski definition) is 1. The number of aromatic nitrogens is 2. The van der Waals surface area contributed by atoms with E-state index in [0.717, 1.165) is 6.54 Å². The van der Waals surface area contributed by atoms with Gasteiger partial charge in [-0.25, -0.2) is 4.98 Å². The van der Waals surface area contributed by atoms with E-state index in [9.17, 15) is 0 Å². The summed E-state index contributed by atoms with van der Waals surface area (Å²) in [5.41, 5.74) is 0. The van der Waals surface area contributed by atoms with Gasteiger partial charge in [-0.3, -0.25) is 0 Å². The highest BCUT2D eigenvalue weighted by molar-refractivity contribution is 5.31. The summed E-state index contributed by atoms with van der Waals surface area (Å²) in [7, 11) is 0. The van der Waals surface area contributed by atoms with Crippen molar-refractivity contribution in [3.05, 3.63) is 36.7 Å². The Bertz CT molecular complexity index is 434. The molecular formula is C11H12N2O2. The molecule has 0 saturated carbocycles. The molecule has 0 amide bonds. The van der Waals surface area contributed by atoms with Gasteiger partial charge in [-0.2, -0.15) is 0 Å². The van der Waals surface area contributed by atoms with Crippen LogP contribution in [0.1, 0.15) is 6.92 Å². The van der Waals surface area contributed by atoms with Crippen LogP contribution in [0, 0.1) is 0 Å². The van der Waals surface area contributed by atoms with Gasteiger partial charge in [-0.1, -0.05) is 0 Å². The molecule has 0 radical (unpaired) electrons. The topological polar surface area (TPSA) is 47.3 Å². The van der Waals surface area contributed by atoms with Crippen LogP contribution in [-0.2, 0) is 6.54 Å². The van der Waals surface area contributed by atoms with E-state index in [1.54, 1.807) is 30.5 Å². The lowest BCUT2D eigenvalue weighted by Crippen LogP contribution is -1.96. The highest BCUT2D eigenvalue weighted by Gasteiger charge is 2.03. The molecule has 0 aliphatic carbocycles. The van der Waals surface area contributed by atoms with Crippen molar-refractivity contribution >= 4 is 0 Å². The molecule has 4 heteroatoms. The van der Waals surface area contributed by atoms with Crippen molar-refractivity contribution < 1.29 is 9.84 Å². The van der Waals surface area contributed by atoms with Gasteiger partial charge in [0.15, 0.2) is 0 Å². The fourth-order valence-corrected chi connectivity index (χ4v) is 1.26. The van der Waals surface area contributed by atoms with Gasteiger partial charge in [-0.15, -0.1) is 0 Å². The van der Waals surface area contributed by atoms with Crippen LogP contribution in [0.25, 0.3) is 0 Å². The zero-order chi connectivity index (χ0) is 10.7. The second-order valence-electron chi connectivity index (χ2n) is 3.09. The van der Waals surface area contributed by atoms with Crippen LogP contribution >= 0.6 is 0 Å². The van der Waals surface area contributed by atoms with Crippen LogP contribution in [0.5, 0.6) is 17.5 Å². The molecule has 1 aromatic heterocycles. The quantitative estimate of drug-likeness (QED) is 0.835. The van der Waals surface area contributed by atoms with Crippen molar-refractivity contribution in [2.75, 3.05) is 0 Å². The number of rotatable bonds is 3. The molecule has 0 spiro atoms. The summed E-state index contributed by atoms with van der Waals surface area (Å²) in [6.45, 7) is 2.83. The monoisotopic (exact) mass is 204 g/mol. The zero-order valence-corrected chi connectivity index (χ0v) is 8.42. The number of phenolic OH excluding ortho intramolecular Hbond substituents is 1. The molecule has 1 N–H and O–H groups in total. The van der Waals surface area contributed by atoms with Gasteiger partial charge in [0.1, 0.15) is 11.5 Å². The Labute approximate surface area is 87.8 Å². The third-order valence-electron chi connectivity index (χ3n) is 2.06. The van der Waals surface area contributed by atoms with Crippen molar-refractivity contribution in [2.24, 2.45) is 0 Å². The van der Waals surface area contributed by atoms with Crippen LogP contribution in [0.4, 0.5) is 0 Å². The van der Waals surface area contributed by atoms with E-state index in [4.69, 9.17) is 9.84 Å². The number of nitrogens with zero attached hydrogens (tertiary/aromatic N) is 2. The zero-order valence-electron chi connectivity index (χ0n) is 8.42. The lowest BCUT2D eigenvalue weighted by Gasteiger charge is -2.06. The third kappa shape index (κ3) is 2.10. The van der Waals surface area contributed by atoms with E-state index in [2.05, 4.69) is 4.98 Å². The van der Waals surface area contributed by atoms with Crippen LogP contribution in [0.2, 0.25) is 0 Å². The molecular weight excluding hydrogens is 192 g/mol. The molecule has 78 valence electrons. The maximum Gasteiger partial charge on any atom is 0.301 e. The predicted molar refractivity (Wildman–Crippen MR) is 56.1 cm³/mol. The summed E-state index contributed by atoms with van der Waals surface area (Å²) >= 11 is 0. The maximum atomic E-state index is 9.11. The predicted octanol–water partition coefficient (Wildman–Crippen LogP) is 2.40. The lowest BCUT2D eigenvalue weighted by molar-refractivity contribution is 0.413. The van der Waals surface area contributed by atoms with E-state index < -0.39 is 0 Å². The highest BCUT2D eigenvalue weighted by atomic mass is 16.5. The molecule has 1 aromatic carbocycles. The molecule has 0 unspecified atom stereocenters. The molecule has 0 atom stereocenters. The molecule has 0 aliphatic heterocycles. The Hall–Kier alpha value is -1.97. The minimum Gasteiger partial charge on any atom is -0.508 e. The standard InChI is InChI=1S/C11H12N2O2/c1-2-13-8-7-12-11(13)15-10-5-3-9(14)4-6-10/h3-8,14H,2H2,1H3. The Morgan fingerprint density at radius 2 is 2.07 bits per heavy atom. The molecule has 0 bridgehead atoms. The maximum absolute atomic E-state index is 9.11. The van der Waals surface area contributed by atoms with Crippen molar-refractivity contribution in [1.29, 1.82) is 0 Å². The first-order chi connectivity index (χ1) is 7.29. The van der Waals surface area contributed by atoms with Gasteiger partial charge in [0.25, 0.3) is 0 Å². The summed E-state index contributed by atoms with van der Waals surface area (Å²) in [6, 6.07) is 7.11. The van der Waals surface area contributed by atoms with E-state index in [-0.39, 0.29) is 5.75 Å². The van der Waals surface area contributed by atoms with E-state index in [1.807, 2.05) is 17.7 Å². The molecule has 0 fully saturated rings. The SMILES string of the molecule is CCn1ccnc1Oc1ccc(O)cc1. The molecule has 2 rings (SSSR count). The largest absolute Gasteiger partial charge is 0.508 e. The average molecular weight is 204 g/mol. The molecule has 0 aliphatic rings. The van der Waals surface area contributed by atoms with Gasteiger partial charge in [0.05, 0.1) is 0 Å². The third-order valence-corrected chi connectivity index (χ3v) is 2.06. The summed E-state index contributed by atoms with van der Waals surface area (Å²) in [5.74, 6) is 0.884. The molecule has 15 heavy (non-hydrogen) atoms. The number of aryl methyl sites for hydroxylation is 1. The normalized spacial score (nSPS) is 10.2. The molecule has 0 saturated heterocycles. The lowest BCUT2D eigenvalue weighted by atomic mass is 10.3. The minimum absolute atomic E-state index is 0.223. The summed E-state index contributed by atoms with van der Waals surface area (Å²) in [6.07, 6.45) is 3.55. The van der Waals surface area contributed by atoms with Crippen molar-refractivity contribution in [3.63, 3.8) is 0 Å². The summed E-state index contributed by atoms with van der Waals surface area (Å²) in [4.78, 5) is 4.08. The summed E-state index contributed by atoms with van der Waals surface area (Å²) < 4.78 is 7.43. The van der Waals surface area contributed by atoms with Gasteiger partial charge < -0.3 is 14.4 Å². The first-order valence-electron chi connectivity index (χ1n) is 4.77. The van der Waals surface area contributed by atoms with E-state index >= 15 is 0 Å². The van der Waals surface area contributed by atoms with Gasteiger partial charge in [-0.05, 0) is 31.2 Å². The highest BCUT2D eigenvalue weighted by Crippen LogP contribution is 2.21. The average Bonchev–Trinajstić information content (AvgIpc) is 2.69. The fourth-order valence-electron chi connectivity index (χ4n) is 1.26. The van der Waals surface area contributed by atoms with E-state index in [0.29, 0.717) is 11.8 Å². The fraction of sp³-hybridized carbons (Fsp3) is 0.182. The molecule has 4 nitrogen and oxygen atoms in total. The van der Waals surface area contributed by atoms with Crippen molar-refractivity contribution in [1.82, 2.24) is 9.55 Å². The van der Waals surface area contributed by atoms with Crippen LogP contribution in [0.3, 0.4) is 0 Å². The smallest absolute Gasteiger partial charge is 0.301 e. The van der Waals surface area contributed by atoms with Gasteiger partial charge >= 0.3 is 6.01 Å². The minimum atomic E-state index is 0.223. The second-order valence-corrected chi connectivity index (χ2v) is 3.09. The van der Waals surface area contributed by atoms with Crippen molar-refractivity contribution in [2.45, 2.75) is 13.5 Å². The van der Waals surface area contributed by atoms with Crippen LogP contribution in [-0.4, -0.2) is 14.7 Å². The number of hydrogen-bond acceptors (Lipinski definition) is 3. The second kappa shape index (κ2) is 4.04. The van der Waals surface area contributed by atoms with Crippen LogP contribution in [0.15, 0.2) is 36.7 Å². The first-order valence-corrected chi connectivity index (χ1v) is 4.77. The number of ether oxygens (including phenoxy) is 1. The molecule has 1 heterocycles. The van der Waals surface area contributed by atoms with E-state index in [1.165, 1.54) is 0 Å². The van der Waals surface area contributed by atoms with Gasteiger partial charge in [0.2, 0.25) is 0 Å².